The van der Waals surface area contributed by atoms with E-state index >= 15 is 0 Å². The number of hydrogen-bond donors (Lipinski definition) is 1. The monoisotopic (exact) mass is 176 g/mol. The highest BCUT2D eigenvalue weighted by Gasteiger charge is 1.99. The molecule has 72 valence electrons. The van der Waals surface area contributed by atoms with Gasteiger partial charge in [-0.2, -0.15) is 0 Å². The maximum atomic E-state index is 10.2. The molecule has 1 unspecified atom stereocenters. The van der Waals surface area contributed by atoms with Crippen LogP contribution in [0, 0.1) is 0 Å². The third-order valence-electron chi connectivity index (χ3n) is 0.942. The Labute approximate surface area is 72.5 Å². The molecule has 0 saturated carbocycles. The molecule has 4 heteroatoms. The molecule has 0 amide bonds. The van der Waals surface area contributed by atoms with Crippen molar-refractivity contribution in [2.24, 2.45) is 0 Å². The molecule has 0 aliphatic heterocycles. The molecular formula is C8H16O4. The van der Waals surface area contributed by atoms with Crippen molar-refractivity contribution < 1.29 is 19.4 Å². The van der Waals surface area contributed by atoms with E-state index in [0.717, 1.165) is 13.3 Å². The average molecular weight is 176 g/mol. The third kappa shape index (κ3) is 23.1. The molecule has 0 rings (SSSR count). The van der Waals surface area contributed by atoms with Crippen LogP contribution in [0.3, 0.4) is 0 Å². The normalized spacial score (nSPS) is 10.7. The quantitative estimate of drug-likeness (QED) is 0.646. The van der Waals surface area contributed by atoms with Crippen LogP contribution >= 0.6 is 0 Å². The first-order chi connectivity index (χ1) is 5.40. The molecule has 0 aliphatic rings. The molecule has 4 nitrogen and oxygen atoms in total. The number of carboxylic acids is 1. The van der Waals surface area contributed by atoms with E-state index in [1.165, 1.54) is 6.92 Å². The largest absolute Gasteiger partial charge is 0.481 e. The Bertz CT molecular complexity index is 138. The van der Waals surface area contributed by atoms with E-state index < -0.39 is 5.97 Å². The Balaban J connectivity index is 0. The summed E-state index contributed by atoms with van der Waals surface area (Å²) >= 11 is 0. The van der Waals surface area contributed by atoms with Gasteiger partial charge < -0.3 is 9.84 Å². The minimum absolute atomic E-state index is 0.0764. The van der Waals surface area contributed by atoms with Crippen molar-refractivity contribution in [3.8, 4) is 0 Å². The Hall–Kier alpha value is -1.06. The fourth-order valence-electron chi connectivity index (χ4n) is 0.367. The zero-order valence-corrected chi connectivity index (χ0v) is 7.96. The third-order valence-corrected chi connectivity index (χ3v) is 0.942. The van der Waals surface area contributed by atoms with Crippen LogP contribution < -0.4 is 0 Å². The number of ether oxygens (including phenoxy) is 1. The number of aliphatic carboxylic acids is 1. The second kappa shape index (κ2) is 8.04. The molecule has 0 radical (unpaired) electrons. The highest BCUT2D eigenvalue weighted by Crippen LogP contribution is 1.94. The molecule has 0 bridgehead atoms. The van der Waals surface area contributed by atoms with Crippen LogP contribution in [-0.2, 0) is 14.3 Å². The van der Waals surface area contributed by atoms with Gasteiger partial charge in [-0.3, -0.25) is 9.59 Å². The molecule has 1 atom stereocenters. The van der Waals surface area contributed by atoms with E-state index in [0.29, 0.717) is 0 Å². The van der Waals surface area contributed by atoms with Gasteiger partial charge in [0.15, 0.2) is 0 Å². The van der Waals surface area contributed by atoms with Gasteiger partial charge in [-0.25, -0.2) is 0 Å². The standard InChI is InChI=1S/C6H12O2.C2H4O2/c1-4-5(2)8-6(3)7;1-2(3)4/h5H,4H2,1-3H3;1H3,(H,3,4). The summed E-state index contributed by atoms with van der Waals surface area (Å²) in [6, 6.07) is 0. The number of carbonyl (C=O) groups is 2. The number of rotatable bonds is 2. The number of carbonyl (C=O) groups excluding carboxylic acids is 1. The first-order valence-electron chi connectivity index (χ1n) is 3.76. The van der Waals surface area contributed by atoms with Gasteiger partial charge in [0, 0.05) is 13.8 Å². The van der Waals surface area contributed by atoms with Gasteiger partial charge in [-0.1, -0.05) is 6.92 Å². The van der Waals surface area contributed by atoms with Crippen molar-refractivity contribution in [3.05, 3.63) is 0 Å². The summed E-state index contributed by atoms with van der Waals surface area (Å²) in [4.78, 5) is 19.2. The Morgan fingerprint density at radius 2 is 1.75 bits per heavy atom. The van der Waals surface area contributed by atoms with Crippen LogP contribution in [0.15, 0.2) is 0 Å². The summed E-state index contributed by atoms with van der Waals surface area (Å²) in [6.07, 6.45) is 0.965. The highest BCUT2D eigenvalue weighted by atomic mass is 16.5. The second-order valence-corrected chi connectivity index (χ2v) is 2.35. The minimum atomic E-state index is -0.833. The van der Waals surface area contributed by atoms with Crippen LogP contribution in [0.5, 0.6) is 0 Å². The molecule has 0 aromatic heterocycles. The summed E-state index contributed by atoms with van der Waals surface area (Å²) in [7, 11) is 0. The SMILES string of the molecule is CC(=O)O.CCC(C)OC(C)=O. The molecule has 12 heavy (non-hydrogen) atoms. The molecule has 0 aliphatic carbocycles. The Morgan fingerprint density at radius 3 is 1.83 bits per heavy atom. The zero-order chi connectivity index (χ0) is 10.1. The van der Waals surface area contributed by atoms with Crippen molar-refractivity contribution in [3.63, 3.8) is 0 Å². The maximum Gasteiger partial charge on any atom is 0.302 e. The smallest absolute Gasteiger partial charge is 0.302 e. The fraction of sp³-hybridized carbons (Fsp3) is 0.750. The molecule has 0 aromatic carbocycles. The lowest BCUT2D eigenvalue weighted by molar-refractivity contribution is -0.145. The Morgan fingerprint density at radius 1 is 1.42 bits per heavy atom. The van der Waals surface area contributed by atoms with Crippen LogP contribution in [0.25, 0.3) is 0 Å². The van der Waals surface area contributed by atoms with Gasteiger partial charge in [-0.15, -0.1) is 0 Å². The first-order valence-corrected chi connectivity index (χ1v) is 3.76. The number of hydrogen-bond acceptors (Lipinski definition) is 3. The van der Waals surface area contributed by atoms with E-state index in [1.54, 1.807) is 0 Å². The van der Waals surface area contributed by atoms with Crippen LogP contribution in [-0.4, -0.2) is 23.1 Å². The molecule has 1 N–H and O–H groups in total. The van der Waals surface area contributed by atoms with Gasteiger partial charge in [0.25, 0.3) is 5.97 Å². The highest BCUT2D eigenvalue weighted by molar-refractivity contribution is 5.66. The van der Waals surface area contributed by atoms with Crippen LogP contribution in [0.1, 0.15) is 34.1 Å². The number of carboxylic acid groups (broad SMARTS) is 1. The minimum Gasteiger partial charge on any atom is -0.481 e. The molecule has 0 fully saturated rings. The first kappa shape index (κ1) is 13.5. The van der Waals surface area contributed by atoms with Gasteiger partial charge in [0.05, 0.1) is 6.10 Å². The lowest BCUT2D eigenvalue weighted by atomic mass is 10.3. The van der Waals surface area contributed by atoms with Crippen molar-refractivity contribution in [1.82, 2.24) is 0 Å². The van der Waals surface area contributed by atoms with E-state index in [-0.39, 0.29) is 12.1 Å². The Kier molecular flexibility index (Phi) is 9.06. The van der Waals surface area contributed by atoms with E-state index in [1.807, 2.05) is 13.8 Å². The lowest BCUT2D eigenvalue weighted by Crippen LogP contribution is -2.09. The topological polar surface area (TPSA) is 63.6 Å². The summed E-state index contributed by atoms with van der Waals surface area (Å²) in [6.45, 7) is 6.36. The maximum absolute atomic E-state index is 10.2. The summed E-state index contributed by atoms with van der Waals surface area (Å²) in [5.41, 5.74) is 0. The van der Waals surface area contributed by atoms with Crippen molar-refractivity contribution in [1.29, 1.82) is 0 Å². The number of esters is 1. The predicted molar refractivity (Wildman–Crippen MR) is 44.8 cm³/mol. The van der Waals surface area contributed by atoms with Crippen LogP contribution in [0.4, 0.5) is 0 Å². The van der Waals surface area contributed by atoms with Gasteiger partial charge in [0.2, 0.25) is 0 Å². The van der Waals surface area contributed by atoms with Crippen molar-refractivity contribution >= 4 is 11.9 Å². The zero-order valence-electron chi connectivity index (χ0n) is 7.96. The van der Waals surface area contributed by atoms with E-state index in [2.05, 4.69) is 0 Å². The van der Waals surface area contributed by atoms with E-state index in [4.69, 9.17) is 14.6 Å². The van der Waals surface area contributed by atoms with Crippen molar-refractivity contribution in [2.75, 3.05) is 0 Å². The summed E-state index contributed by atoms with van der Waals surface area (Å²) in [5, 5.41) is 7.42. The molecule has 0 heterocycles. The second-order valence-electron chi connectivity index (χ2n) is 2.35. The van der Waals surface area contributed by atoms with Gasteiger partial charge in [-0.05, 0) is 13.3 Å². The van der Waals surface area contributed by atoms with Crippen molar-refractivity contribution in [2.45, 2.75) is 40.2 Å². The molecule has 0 saturated heterocycles. The fourth-order valence-corrected chi connectivity index (χ4v) is 0.367. The summed E-state index contributed by atoms with van der Waals surface area (Å²) in [5.74, 6) is -1.03. The van der Waals surface area contributed by atoms with Crippen LogP contribution in [0.2, 0.25) is 0 Å². The molecular weight excluding hydrogens is 160 g/mol. The van der Waals surface area contributed by atoms with E-state index in [9.17, 15) is 4.79 Å². The van der Waals surface area contributed by atoms with Gasteiger partial charge >= 0.3 is 5.97 Å². The molecule has 0 spiro atoms. The summed E-state index contributed by atoms with van der Waals surface area (Å²) < 4.78 is 4.76. The average Bonchev–Trinajstić information content (AvgIpc) is 1.84. The predicted octanol–water partition coefficient (Wildman–Crippen LogP) is 1.44. The lowest BCUT2D eigenvalue weighted by Gasteiger charge is -2.06. The van der Waals surface area contributed by atoms with Gasteiger partial charge in [0.1, 0.15) is 0 Å². The molecule has 0 aromatic rings.